The Hall–Kier alpha value is -3.66. The van der Waals surface area contributed by atoms with Crippen molar-refractivity contribution in [3.05, 3.63) is 102 Å². The molecule has 1 N–H and O–H groups in total. The Morgan fingerprint density at radius 2 is 1.49 bits per heavy atom. The van der Waals surface area contributed by atoms with Gasteiger partial charge in [0.15, 0.2) is 0 Å². The molecule has 37 heavy (non-hydrogen) atoms. The van der Waals surface area contributed by atoms with Crippen molar-refractivity contribution in [2.24, 2.45) is 5.92 Å². The summed E-state index contributed by atoms with van der Waals surface area (Å²) in [7, 11) is 0. The van der Waals surface area contributed by atoms with Gasteiger partial charge in [-0.05, 0) is 43.2 Å². The first-order chi connectivity index (χ1) is 18.0. The molecule has 0 fully saturated rings. The van der Waals surface area contributed by atoms with Crippen LogP contribution in [0.5, 0.6) is 0 Å². The van der Waals surface area contributed by atoms with Gasteiger partial charge in [-0.3, -0.25) is 4.79 Å². The molecular formula is C33H39N3O. The minimum absolute atomic E-state index is 0.0590. The second-order valence-corrected chi connectivity index (χ2v) is 10.1. The lowest BCUT2D eigenvalue weighted by atomic mass is 9.97. The second-order valence-electron chi connectivity index (χ2n) is 10.1. The molecule has 1 unspecified atom stereocenters. The Morgan fingerprint density at radius 3 is 2.08 bits per heavy atom. The summed E-state index contributed by atoms with van der Waals surface area (Å²) in [6, 6.07) is 28.9. The number of nitrogens with one attached hydrogen (secondary N) is 1. The topological polar surface area (TPSA) is 46.9 Å². The van der Waals surface area contributed by atoms with Gasteiger partial charge in [0.1, 0.15) is 17.2 Å². The number of hydrogen-bond acceptors (Lipinski definition) is 2. The van der Waals surface area contributed by atoms with E-state index in [0.717, 1.165) is 53.9 Å². The fourth-order valence-electron chi connectivity index (χ4n) is 4.85. The highest BCUT2D eigenvalue weighted by atomic mass is 16.2. The highest BCUT2D eigenvalue weighted by Crippen LogP contribution is 2.31. The fourth-order valence-corrected chi connectivity index (χ4v) is 4.85. The Bertz CT molecular complexity index is 1270. The molecule has 0 radical (unpaired) electrons. The molecule has 4 nitrogen and oxygen atoms in total. The molecule has 1 amide bonds. The van der Waals surface area contributed by atoms with Crippen molar-refractivity contribution < 1.29 is 4.79 Å². The summed E-state index contributed by atoms with van der Waals surface area (Å²) in [6.07, 6.45) is 4.07. The Labute approximate surface area is 221 Å². The van der Waals surface area contributed by atoms with Crippen LogP contribution in [0, 0.1) is 5.92 Å². The zero-order valence-electron chi connectivity index (χ0n) is 22.6. The van der Waals surface area contributed by atoms with Gasteiger partial charge in [-0.1, -0.05) is 112 Å². The van der Waals surface area contributed by atoms with Crippen LogP contribution >= 0.6 is 0 Å². The van der Waals surface area contributed by atoms with E-state index in [-0.39, 0.29) is 11.9 Å². The first kappa shape index (κ1) is 26.4. The van der Waals surface area contributed by atoms with Crippen LogP contribution in [0.25, 0.3) is 22.6 Å². The maximum Gasteiger partial charge on any atom is 0.270 e. The number of rotatable bonds is 11. The average Bonchev–Trinajstić information content (AvgIpc) is 3.32. The van der Waals surface area contributed by atoms with E-state index in [0.29, 0.717) is 18.2 Å². The fraction of sp³-hybridized carbons (Fsp3) is 0.333. The van der Waals surface area contributed by atoms with Gasteiger partial charge < -0.3 is 9.88 Å². The first-order valence-electron chi connectivity index (χ1n) is 13.6. The van der Waals surface area contributed by atoms with Gasteiger partial charge in [-0.15, -0.1) is 0 Å². The molecule has 0 saturated carbocycles. The average molecular weight is 494 g/mol. The first-order valence-corrected chi connectivity index (χ1v) is 13.6. The van der Waals surface area contributed by atoms with Crippen LogP contribution < -0.4 is 5.32 Å². The summed E-state index contributed by atoms with van der Waals surface area (Å²) in [4.78, 5) is 19.2. The molecule has 0 spiro atoms. The van der Waals surface area contributed by atoms with Crippen LogP contribution in [-0.4, -0.2) is 15.5 Å². The van der Waals surface area contributed by atoms with E-state index in [1.807, 2.05) is 36.4 Å². The number of benzene rings is 3. The Morgan fingerprint density at radius 1 is 0.838 bits per heavy atom. The van der Waals surface area contributed by atoms with E-state index in [9.17, 15) is 4.79 Å². The van der Waals surface area contributed by atoms with E-state index in [1.54, 1.807) is 0 Å². The van der Waals surface area contributed by atoms with Crippen molar-refractivity contribution in [3.8, 4) is 22.6 Å². The second kappa shape index (κ2) is 12.5. The zero-order valence-corrected chi connectivity index (χ0v) is 22.6. The van der Waals surface area contributed by atoms with E-state index < -0.39 is 0 Å². The molecule has 0 aliphatic heterocycles. The van der Waals surface area contributed by atoms with Gasteiger partial charge in [-0.25, -0.2) is 4.98 Å². The van der Waals surface area contributed by atoms with E-state index >= 15 is 0 Å². The van der Waals surface area contributed by atoms with E-state index in [2.05, 4.69) is 86.1 Å². The third-order valence-electron chi connectivity index (χ3n) is 6.84. The molecule has 4 rings (SSSR count). The van der Waals surface area contributed by atoms with Crippen molar-refractivity contribution in [1.29, 1.82) is 0 Å². The summed E-state index contributed by atoms with van der Waals surface area (Å²) < 4.78 is 2.06. The van der Waals surface area contributed by atoms with Crippen LogP contribution in [0.3, 0.4) is 0 Å². The molecule has 1 atom stereocenters. The monoisotopic (exact) mass is 493 g/mol. The van der Waals surface area contributed by atoms with Crippen LogP contribution in [0.1, 0.15) is 74.6 Å². The van der Waals surface area contributed by atoms with Crippen molar-refractivity contribution in [1.82, 2.24) is 14.9 Å². The predicted molar refractivity (Wildman–Crippen MR) is 153 cm³/mol. The standard InChI is InChI=1S/C33H39N3O/c1-5-13-25-19-21-27(22-20-25)30-31(36(6-2)32(35-30)28-16-11-8-12-17-28)33(37)34-29(23-18-24(3)4)26-14-9-7-10-15-26/h7-12,14-17,19-22,24,29H,5-6,13,18,23H2,1-4H3,(H,34,37). The summed E-state index contributed by atoms with van der Waals surface area (Å²) in [5.41, 5.74) is 5.76. The molecular weight excluding hydrogens is 454 g/mol. The number of hydrogen-bond donors (Lipinski definition) is 1. The lowest BCUT2D eigenvalue weighted by Gasteiger charge is -2.21. The van der Waals surface area contributed by atoms with E-state index in [1.165, 1.54) is 5.56 Å². The molecule has 1 aromatic heterocycles. The predicted octanol–water partition coefficient (Wildman–Crippen LogP) is 8.10. The molecule has 0 aliphatic carbocycles. The van der Waals surface area contributed by atoms with Crippen LogP contribution in [0.2, 0.25) is 0 Å². The molecule has 4 heteroatoms. The molecule has 0 aliphatic rings. The maximum absolute atomic E-state index is 14.1. The third-order valence-corrected chi connectivity index (χ3v) is 6.84. The van der Waals surface area contributed by atoms with Crippen molar-refractivity contribution in [3.63, 3.8) is 0 Å². The summed E-state index contributed by atoms with van der Waals surface area (Å²) in [5.74, 6) is 1.30. The third kappa shape index (κ3) is 6.37. The molecule has 0 saturated heterocycles. The van der Waals surface area contributed by atoms with Gasteiger partial charge in [0.05, 0.1) is 6.04 Å². The largest absolute Gasteiger partial charge is 0.344 e. The molecule has 3 aromatic carbocycles. The molecule has 0 bridgehead atoms. The van der Waals surface area contributed by atoms with Crippen LogP contribution in [-0.2, 0) is 13.0 Å². The molecule has 192 valence electrons. The summed E-state index contributed by atoms with van der Waals surface area (Å²) in [5, 5.41) is 3.39. The zero-order chi connectivity index (χ0) is 26.2. The number of nitrogens with zero attached hydrogens (tertiary/aromatic N) is 2. The maximum atomic E-state index is 14.1. The quantitative estimate of drug-likeness (QED) is 0.229. The Balaban J connectivity index is 1.78. The van der Waals surface area contributed by atoms with Crippen molar-refractivity contribution in [2.45, 2.75) is 66.0 Å². The summed E-state index contributed by atoms with van der Waals surface area (Å²) in [6.45, 7) is 9.36. The molecule has 4 aromatic rings. The van der Waals surface area contributed by atoms with Gasteiger partial charge in [-0.2, -0.15) is 0 Å². The lowest BCUT2D eigenvalue weighted by molar-refractivity contribution is 0.0924. The van der Waals surface area contributed by atoms with E-state index in [4.69, 9.17) is 4.98 Å². The summed E-state index contributed by atoms with van der Waals surface area (Å²) >= 11 is 0. The Kier molecular flexibility index (Phi) is 8.95. The van der Waals surface area contributed by atoms with Crippen molar-refractivity contribution in [2.75, 3.05) is 0 Å². The lowest BCUT2D eigenvalue weighted by Crippen LogP contribution is -2.31. The van der Waals surface area contributed by atoms with Crippen LogP contribution in [0.15, 0.2) is 84.9 Å². The van der Waals surface area contributed by atoms with Gasteiger partial charge in [0.2, 0.25) is 0 Å². The molecule has 1 heterocycles. The number of carbonyl (C=O) groups excluding carboxylic acids is 1. The number of carbonyl (C=O) groups is 1. The highest BCUT2D eigenvalue weighted by Gasteiger charge is 2.26. The van der Waals surface area contributed by atoms with Crippen molar-refractivity contribution >= 4 is 5.91 Å². The van der Waals surface area contributed by atoms with Gasteiger partial charge >= 0.3 is 0 Å². The highest BCUT2D eigenvalue weighted by molar-refractivity contribution is 5.99. The number of amides is 1. The number of imidazole rings is 1. The SMILES string of the molecule is CCCc1ccc(-c2nc(-c3ccccc3)n(CC)c2C(=O)NC(CCC(C)C)c2ccccc2)cc1. The minimum Gasteiger partial charge on any atom is -0.344 e. The van der Waals surface area contributed by atoms with Crippen LogP contribution in [0.4, 0.5) is 0 Å². The number of aromatic nitrogens is 2. The minimum atomic E-state index is -0.0817. The number of aryl methyl sites for hydroxylation is 1. The van der Waals surface area contributed by atoms with Gasteiger partial charge in [0.25, 0.3) is 5.91 Å². The normalized spacial score (nSPS) is 12.0. The van der Waals surface area contributed by atoms with Gasteiger partial charge in [0, 0.05) is 17.7 Å². The smallest absolute Gasteiger partial charge is 0.270 e.